The summed E-state index contributed by atoms with van der Waals surface area (Å²) in [6.07, 6.45) is 1.91. The number of nitrogens with zero attached hydrogens (tertiary/aromatic N) is 1. The van der Waals surface area contributed by atoms with E-state index in [0.29, 0.717) is 5.75 Å². The number of hydrogen-bond acceptors (Lipinski definition) is 3. The van der Waals surface area contributed by atoms with Gasteiger partial charge < -0.3 is 4.74 Å². The van der Waals surface area contributed by atoms with Crippen LogP contribution < -0.4 is 10.2 Å². The van der Waals surface area contributed by atoms with E-state index in [9.17, 15) is 4.79 Å². The minimum atomic E-state index is -0.242. The van der Waals surface area contributed by atoms with Crippen LogP contribution in [-0.2, 0) is 4.79 Å². The molecule has 1 aromatic carbocycles. The van der Waals surface area contributed by atoms with Crippen molar-refractivity contribution in [1.82, 2.24) is 5.43 Å². The molecule has 1 aromatic rings. The van der Waals surface area contributed by atoms with Gasteiger partial charge in [-0.2, -0.15) is 5.10 Å². The molecule has 0 fully saturated rings. The zero-order chi connectivity index (χ0) is 14.3. The van der Waals surface area contributed by atoms with Crippen LogP contribution in [0.2, 0.25) is 0 Å². The summed E-state index contributed by atoms with van der Waals surface area (Å²) in [7, 11) is 0. The maximum atomic E-state index is 11.5. The van der Waals surface area contributed by atoms with Crippen LogP contribution in [-0.4, -0.2) is 18.2 Å². The molecule has 19 heavy (non-hydrogen) atoms. The molecule has 0 aliphatic rings. The monoisotopic (exact) mass is 262 g/mol. The molecule has 4 heteroatoms. The van der Waals surface area contributed by atoms with E-state index in [1.54, 1.807) is 0 Å². The van der Waals surface area contributed by atoms with Gasteiger partial charge in [0.1, 0.15) is 5.75 Å². The van der Waals surface area contributed by atoms with Crippen LogP contribution in [0.1, 0.15) is 37.8 Å². The second-order valence-corrected chi connectivity index (χ2v) is 4.67. The minimum absolute atomic E-state index is 0.0224. The van der Waals surface area contributed by atoms with Crippen molar-refractivity contribution in [2.45, 2.75) is 40.5 Å². The number of amides is 1. The Kier molecular flexibility index (Phi) is 6.06. The third-order valence-electron chi connectivity index (χ3n) is 2.83. The fourth-order valence-corrected chi connectivity index (χ4v) is 1.56. The Bertz CT molecular complexity index is 467. The van der Waals surface area contributed by atoms with Gasteiger partial charge in [0.2, 0.25) is 0 Å². The number of carbonyl (C=O) groups is 1. The first-order chi connectivity index (χ1) is 9.02. The molecular weight excluding hydrogens is 240 g/mol. The molecule has 1 N–H and O–H groups in total. The van der Waals surface area contributed by atoms with Crippen LogP contribution in [0.25, 0.3) is 0 Å². The van der Waals surface area contributed by atoms with Crippen molar-refractivity contribution < 1.29 is 9.53 Å². The van der Waals surface area contributed by atoms with E-state index < -0.39 is 0 Å². The van der Waals surface area contributed by atoms with Gasteiger partial charge in [-0.05, 0) is 50.5 Å². The first kappa shape index (κ1) is 15.2. The lowest BCUT2D eigenvalue weighted by atomic mass is 10.1. The second kappa shape index (κ2) is 7.56. The molecule has 0 bridgehead atoms. The van der Waals surface area contributed by atoms with Gasteiger partial charge in [0.05, 0.1) is 0 Å². The Balaban J connectivity index is 2.41. The van der Waals surface area contributed by atoms with Gasteiger partial charge in [-0.1, -0.05) is 19.4 Å². The average molecular weight is 262 g/mol. The topological polar surface area (TPSA) is 50.7 Å². The Labute approximate surface area is 114 Å². The molecule has 0 unspecified atom stereocenters. The molecule has 0 aliphatic carbocycles. The van der Waals surface area contributed by atoms with Gasteiger partial charge >= 0.3 is 0 Å². The Morgan fingerprint density at radius 3 is 2.68 bits per heavy atom. The predicted octanol–water partition coefficient (Wildman–Crippen LogP) is 2.97. The van der Waals surface area contributed by atoms with E-state index in [1.165, 1.54) is 5.56 Å². The molecule has 0 heterocycles. The predicted molar refractivity (Wildman–Crippen MR) is 77.6 cm³/mol. The van der Waals surface area contributed by atoms with Gasteiger partial charge in [-0.3, -0.25) is 4.79 Å². The first-order valence-corrected chi connectivity index (χ1v) is 6.55. The number of nitrogens with one attached hydrogen (secondary N) is 1. The highest BCUT2D eigenvalue weighted by Crippen LogP contribution is 2.16. The van der Waals surface area contributed by atoms with Gasteiger partial charge in [-0.25, -0.2) is 5.43 Å². The van der Waals surface area contributed by atoms with Gasteiger partial charge in [0, 0.05) is 5.71 Å². The maximum absolute atomic E-state index is 11.5. The number of hydrazone groups is 1. The summed E-state index contributed by atoms with van der Waals surface area (Å²) in [4.78, 5) is 11.5. The largest absolute Gasteiger partial charge is 0.484 e. The van der Waals surface area contributed by atoms with Crippen molar-refractivity contribution in [3.05, 3.63) is 29.3 Å². The zero-order valence-corrected chi connectivity index (χ0v) is 12.1. The van der Waals surface area contributed by atoms with Crippen molar-refractivity contribution >= 4 is 11.6 Å². The van der Waals surface area contributed by atoms with Crippen LogP contribution in [0.4, 0.5) is 0 Å². The van der Waals surface area contributed by atoms with E-state index in [0.717, 1.165) is 24.1 Å². The zero-order valence-electron chi connectivity index (χ0n) is 12.1. The molecule has 0 aromatic heterocycles. The van der Waals surface area contributed by atoms with E-state index in [-0.39, 0.29) is 12.5 Å². The lowest BCUT2D eigenvalue weighted by molar-refractivity contribution is -0.123. The van der Waals surface area contributed by atoms with Crippen molar-refractivity contribution in [1.29, 1.82) is 0 Å². The molecular formula is C15H22N2O2. The summed E-state index contributed by atoms with van der Waals surface area (Å²) >= 11 is 0. The van der Waals surface area contributed by atoms with E-state index in [2.05, 4.69) is 17.5 Å². The van der Waals surface area contributed by atoms with Crippen LogP contribution in [0, 0.1) is 13.8 Å². The number of rotatable bonds is 6. The molecule has 4 nitrogen and oxygen atoms in total. The quantitative estimate of drug-likeness (QED) is 0.633. The number of carbonyl (C=O) groups excluding carboxylic acids is 1. The second-order valence-electron chi connectivity index (χ2n) is 4.67. The van der Waals surface area contributed by atoms with Crippen LogP contribution in [0.5, 0.6) is 5.75 Å². The Morgan fingerprint density at radius 2 is 2.05 bits per heavy atom. The lowest BCUT2D eigenvalue weighted by Crippen LogP contribution is -2.25. The SMILES string of the molecule is CCC/C(C)=N\NC(=O)COc1ccc(C)c(C)c1. The number of ether oxygens (including phenoxy) is 1. The number of benzene rings is 1. The molecule has 0 radical (unpaired) electrons. The molecule has 1 amide bonds. The summed E-state index contributed by atoms with van der Waals surface area (Å²) in [5, 5.41) is 3.99. The van der Waals surface area contributed by atoms with E-state index >= 15 is 0 Å². The first-order valence-electron chi connectivity index (χ1n) is 6.55. The molecule has 0 saturated carbocycles. The summed E-state index contributed by atoms with van der Waals surface area (Å²) in [6, 6.07) is 5.77. The number of hydrogen-bond donors (Lipinski definition) is 1. The molecule has 0 spiro atoms. The van der Waals surface area contributed by atoms with Gasteiger partial charge in [-0.15, -0.1) is 0 Å². The van der Waals surface area contributed by atoms with E-state index in [4.69, 9.17) is 4.74 Å². The third kappa shape index (κ3) is 5.55. The molecule has 1 rings (SSSR count). The molecule has 0 saturated heterocycles. The normalized spacial score (nSPS) is 11.3. The highest BCUT2D eigenvalue weighted by molar-refractivity contribution is 5.84. The summed E-state index contributed by atoms with van der Waals surface area (Å²) in [5.74, 6) is 0.459. The highest BCUT2D eigenvalue weighted by Gasteiger charge is 2.03. The lowest BCUT2D eigenvalue weighted by Gasteiger charge is -2.07. The standard InChI is InChI=1S/C15H22N2O2/c1-5-6-13(4)16-17-15(18)10-19-14-8-7-11(2)12(3)9-14/h7-9H,5-6,10H2,1-4H3,(H,17,18)/b16-13-. The summed E-state index contributed by atoms with van der Waals surface area (Å²) in [5.41, 5.74) is 5.76. The van der Waals surface area contributed by atoms with Crippen LogP contribution >= 0.6 is 0 Å². The van der Waals surface area contributed by atoms with Crippen molar-refractivity contribution in [3.63, 3.8) is 0 Å². The van der Waals surface area contributed by atoms with Gasteiger partial charge in [0.25, 0.3) is 5.91 Å². The Hall–Kier alpha value is -1.84. The Morgan fingerprint density at radius 1 is 1.32 bits per heavy atom. The summed E-state index contributed by atoms with van der Waals surface area (Å²) < 4.78 is 5.41. The third-order valence-corrected chi connectivity index (χ3v) is 2.83. The fraction of sp³-hybridized carbons (Fsp3) is 0.467. The maximum Gasteiger partial charge on any atom is 0.277 e. The van der Waals surface area contributed by atoms with E-state index in [1.807, 2.05) is 39.0 Å². The average Bonchev–Trinajstić information content (AvgIpc) is 2.38. The molecule has 0 atom stereocenters. The highest BCUT2D eigenvalue weighted by atomic mass is 16.5. The molecule has 0 aliphatic heterocycles. The van der Waals surface area contributed by atoms with Crippen molar-refractivity contribution in [3.8, 4) is 5.75 Å². The van der Waals surface area contributed by atoms with Crippen LogP contribution in [0.3, 0.4) is 0 Å². The van der Waals surface area contributed by atoms with Crippen molar-refractivity contribution in [2.24, 2.45) is 5.10 Å². The van der Waals surface area contributed by atoms with Gasteiger partial charge in [0.15, 0.2) is 6.61 Å². The van der Waals surface area contributed by atoms with Crippen LogP contribution in [0.15, 0.2) is 23.3 Å². The summed E-state index contributed by atoms with van der Waals surface area (Å²) in [6.45, 7) is 8.00. The molecule has 104 valence electrons. The minimum Gasteiger partial charge on any atom is -0.484 e. The fourth-order valence-electron chi connectivity index (χ4n) is 1.56. The van der Waals surface area contributed by atoms with Crippen molar-refractivity contribution in [2.75, 3.05) is 6.61 Å². The smallest absolute Gasteiger partial charge is 0.277 e. The number of aryl methyl sites for hydroxylation is 2.